The van der Waals surface area contributed by atoms with Crippen molar-refractivity contribution in [2.75, 3.05) is 6.61 Å². The highest BCUT2D eigenvalue weighted by molar-refractivity contribution is 5.56. The molecule has 1 nitrogen and oxygen atoms in total. The Balaban J connectivity index is 3.35. The average molecular weight is 270 g/mol. The van der Waals surface area contributed by atoms with Crippen molar-refractivity contribution in [1.29, 1.82) is 0 Å². The quantitative estimate of drug-likeness (QED) is 0.812. The lowest BCUT2D eigenvalue weighted by atomic mass is 10.0. The van der Waals surface area contributed by atoms with E-state index in [-0.39, 0.29) is 6.07 Å². The van der Waals surface area contributed by atoms with Gasteiger partial charge in [-0.3, -0.25) is 0 Å². The Bertz CT molecular complexity index is 444. The lowest BCUT2D eigenvalue weighted by Crippen LogP contribution is -2.12. The van der Waals surface area contributed by atoms with Crippen molar-refractivity contribution in [2.45, 2.75) is 12.4 Å². The molecule has 0 radical (unpaired) electrons. The maximum absolute atomic E-state index is 12.6. The van der Waals surface area contributed by atoms with Gasteiger partial charge in [-0.1, -0.05) is 18.2 Å². The van der Waals surface area contributed by atoms with Crippen LogP contribution in [0, 0.1) is 0 Å². The van der Waals surface area contributed by atoms with E-state index >= 15 is 0 Å². The lowest BCUT2D eigenvalue weighted by Gasteiger charge is -2.14. The SMILES string of the molecule is OCC=Cc1ccc(C(F)(F)F)cc1C(F)(F)F. The van der Waals surface area contributed by atoms with Crippen molar-refractivity contribution in [3.8, 4) is 0 Å². The molecule has 0 saturated heterocycles. The monoisotopic (exact) mass is 270 g/mol. The van der Waals surface area contributed by atoms with Gasteiger partial charge in [0.2, 0.25) is 0 Å². The molecule has 0 heterocycles. The molecule has 1 aromatic carbocycles. The van der Waals surface area contributed by atoms with Gasteiger partial charge in [-0.2, -0.15) is 26.3 Å². The zero-order valence-electron chi connectivity index (χ0n) is 8.81. The molecule has 1 aromatic rings. The fraction of sp³-hybridized carbons (Fsp3) is 0.273. The summed E-state index contributed by atoms with van der Waals surface area (Å²) < 4.78 is 74.7. The van der Waals surface area contributed by atoms with Crippen molar-refractivity contribution in [2.24, 2.45) is 0 Å². The Hall–Kier alpha value is -1.50. The standard InChI is InChI=1S/C11H8F6O/c12-10(13,14)8-4-3-7(2-1-5-18)9(6-8)11(15,16)17/h1-4,6,18H,5H2. The molecule has 0 amide bonds. The molecule has 0 atom stereocenters. The summed E-state index contributed by atoms with van der Waals surface area (Å²) in [7, 11) is 0. The predicted octanol–water partition coefficient (Wildman–Crippen LogP) is 3.73. The number of alkyl halides is 6. The summed E-state index contributed by atoms with van der Waals surface area (Å²) in [6.45, 7) is -0.502. The molecule has 0 spiro atoms. The molecule has 1 rings (SSSR count). The van der Waals surface area contributed by atoms with Crippen molar-refractivity contribution in [3.63, 3.8) is 0 Å². The molecular weight excluding hydrogens is 262 g/mol. The molecule has 0 bridgehead atoms. The summed E-state index contributed by atoms with van der Waals surface area (Å²) in [6, 6.07) is 1.33. The van der Waals surface area contributed by atoms with Crippen LogP contribution < -0.4 is 0 Å². The van der Waals surface area contributed by atoms with Crippen molar-refractivity contribution in [3.05, 3.63) is 41.0 Å². The second-order valence-corrected chi connectivity index (χ2v) is 3.38. The van der Waals surface area contributed by atoms with Crippen molar-refractivity contribution < 1.29 is 31.4 Å². The third kappa shape index (κ3) is 3.49. The van der Waals surface area contributed by atoms with Crippen LogP contribution in [-0.2, 0) is 12.4 Å². The Morgan fingerprint density at radius 3 is 2.06 bits per heavy atom. The van der Waals surface area contributed by atoms with E-state index in [9.17, 15) is 26.3 Å². The van der Waals surface area contributed by atoms with Crippen LogP contribution in [0.15, 0.2) is 24.3 Å². The van der Waals surface area contributed by atoms with E-state index in [1.165, 1.54) is 0 Å². The minimum atomic E-state index is -4.89. The van der Waals surface area contributed by atoms with Crippen LogP contribution in [0.2, 0.25) is 0 Å². The molecule has 0 unspecified atom stereocenters. The van der Waals surface area contributed by atoms with Gasteiger partial charge in [0.15, 0.2) is 0 Å². The molecule has 1 N–H and O–H groups in total. The summed E-state index contributed by atoms with van der Waals surface area (Å²) in [5, 5.41) is 8.46. The minimum Gasteiger partial charge on any atom is -0.392 e. The maximum atomic E-state index is 12.6. The van der Waals surface area contributed by atoms with Gasteiger partial charge >= 0.3 is 12.4 Å². The number of aliphatic hydroxyl groups is 1. The van der Waals surface area contributed by atoms with Crippen LogP contribution >= 0.6 is 0 Å². The van der Waals surface area contributed by atoms with E-state index in [0.29, 0.717) is 6.07 Å². The van der Waals surface area contributed by atoms with E-state index in [4.69, 9.17) is 5.11 Å². The Morgan fingerprint density at radius 1 is 1.00 bits per heavy atom. The maximum Gasteiger partial charge on any atom is 0.417 e. The first-order valence-electron chi connectivity index (χ1n) is 4.72. The number of aliphatic hydroxyl groups excluding tert-OH is 1. The van der Waals surface area contributed by atoms with Gasteiger partial charge in [0.05, 0.1) is 17.7 Å². The smallest absolute Gasteiger partial charge is 0.392 e. The first kappa shape index (κ1) is 14.6. The summed E-state index contributed by atoms with van der Waals surface area (Å²) in [4.78, 5) is 0. The number of benzene rings is 1. The normalized spacial score (nSPS) is 13.3. The van der Waals surface area contributed by atoms with E-state index in [2.05, 4.69) is 0 Å². The molecule has 7 heteroatoms. The Labute approximate surface area is 98.4 Å². The zero-order valence-corrected chi connectivity index (χ0v) is 8.81. The van der Waals surface area contributed by atoms with E-state index in [0.717, 1.165) is 18.2 Å². The number of hydrogen-bond acceptors (Lipinski definition) is 1. The van der Waals surface area contributed by atoms with E-state index in [1.54, 1.807) is 0 Å². The van der Waals surface area contributed by atoms with Gasteiger partial charge < -0.3 is 5.11 Å². The minimum absolute atomic E-state index is 0.0526. The fourth-order valence-corrected chi connectivity index (χ4v) is 1.30. The largest absolute Gasteiger partial charge is 0.417 e. The van der Waals surface area contributed by atoms with Crippen LogP contribution in [0.4, 0.5) is 26.3 Å². The average Bonchev–Trinajstić information content (AvgIpc) is 2.23. The van der Waals surface area contributed by atoms with Gasteiger partial charge in [0, 0.05) is 0 Å². The molecule has 0 fully saturated rings. The molecule has 0 aliphatic carbocycles. The molecule has 0 aliphatic heterocycles. The Morgan fingerprint density at radius 2 is 1.61 bits per heavy atom. The van der Waals surface area contributed by atoms with Crippen molar-refractivity contribution >= 4 is 6.08 Å². The van der Waals surface area contributed by atoms with Crippen LogP contribution in [0.5, 0.6) is 0 Å². The van der Waals surface area contributed by atoms with Crippen molar-refractivity contribution in [1.82, 2.24) is 0 Å². The second kappa shape index (κ2) is 5.01. The molecule has 0 aliphatic rings. The van der Waals surface area contributed by atoms with Gasteiger partial charge in [-0.15, -0.1) is 0 Å². The van der Waals surface area contributed by atoms with Crippen LogP contribution in [0.3, 0.4) is 0 Å². The zero-order chi connectivity index (χ0) is 14.0. The third-order valence-corrected chi connectivity index (χ3v) is 2.09. The highest BCUT2D eigenvalue weighted by Gasteiger charge is 2.37. The number of halogens is 6. The second-order valence-electron chi connectivity index (χ2n) is 3.38. The molecular formula is C11H8F6O. The summed E-state index contributed by atoms with van der Waals surface area (Å²) in [6.07, 6.45) is -7.80. The predicted molar refractivity (Wildman–Crippen MR) is 52.6 cm³/mol. The summed E-state index contributed by atoms with van der Waals surface area (Å²) in [5.41, 5.74) is -3.18. The number of rotatable bonds is 2. The van der Waals surface area contributed by atoms with Gasteiger partial charge in [0.1, 0.15) is 0 Å². The van der Waals surface area contributed by atoms with Crippen LogP contribution in [0.1, 0.15) is 16.7 Å². The van der Waals surface area contributed by atoms with Gasteiger partial charge in [0.25, 0.3) is 0 Å². The number of hydrogen-bond donors (Lipinski definition) is 1. The fourth-order valence-electron chi connectivity index (χ4n) is 1.30. The molecule has 0 saturated carbocycles. The van der Waals surface area contributed by atoms with E-state index in [1.807, 2.05) is 0 Å². The van der Waals surface area contributed by atoms with E-state index < -0.39 is 35.6 Å². The first-order valence-corrected chi connectivity index (χ1v) is 4.72. The highest BCUT2D eigenvalue weighted by atomic mass is 19.4. The topological polar surface area (TPSA) is 20.2 Å². The molecule has 18 heavy (non-hydrogen) atoms. The molecule has 0 aromatic heterocycles. The molecule has 100 valence electrons. The third-order valence-electron chi connectivity index (χ3n) is 2.09. The summed E-state index contributed by atoms with van der Waals surface area (Å²) >= 11 is 0. The highest BCUT2D eigenvalue weighted by Crippen LogP contribution is 2.37. The summed E-state index contributed by atoms with van der Waals surface area (Å²) in [5.74, 6) is 0. The lowest BCUT2D eigenvalue weighted by molar-refractivity contribution is -0.143. The van der Waals surface area contributed by atoms with Crippen LogP contribution in [0.25, 0.3) is 6.08 Å². The van der Waals surface area contributed by atoms with Gasteiger partial charge in [-0.25, -0.2) is 0 Å². The first-order chi connectivity index (χ1) is 8.16. The van der Waals surface area contributed by atoms with Crippen LogP contribution in [-0.4, -0.2) is 11.7 Å². The van der Waals surface area contributed by atoms with Gasteiger partial charge in [-0.05, 0) is 17.7 Å². The Kier molecular flexibility index (Phi) is 4.05.